The van der Waals surface area contributed by atoms with Crippen molar-refractivity contribution in [2.24, 2.45) is 0 Å². The summed E-state index contributed by atoms with van der Waals surface area (Å²) in [5, 5.41) is 0. The minimum Gasteiger partial charge on any atom is -0.492 e. The van der Waals surface area contributed by atoms with Crippen LogP contribution in [0.5, 0.6) is 5.75 Å². The molecular formula is C18H18N2O5S. The fourth-order valence-electron chi connectivity index (χ4n) is 2.67. The van der Waals surface area contributed by atoms with Crippen molar-refractivity contribution in [2.45, 2.75) is 24.7 Å². The van der Waals surface area contributed by atoms with Crippen molar-refractivity contribution in [1.82, 2.24) is 0 Å². The monoisotopic (exact) mass is 374 g/mol. The summed E-state index contributed by atoms with van der Waals surface area (Å²) in [4.78, 5) is 24.6. The normalized spacial score (nSPS) is 14.6. The molecule has 136 valence electrons. The molecule has 0 radical (unpaired) electrons. The summed E-state index contributed by atoms with van der Waals surface area (Å²) in [7, 11) is -3.84. The molecule has 0 aliphatic carbocycles. The molecule has 0 bridgehead atoms. The maximum absolute atomic E-state index is 12.6. The molecule has 0 spiro atoms. The number of ether oxygens (including phenoxy) is 1. The van der Waals surface area contributed by atoms with Crippen molar-refractivity contribution in [2.75, 3.05) is 16.2 Å². The predicted molar refractivity (Wildman–Crippen MR) is 96.6 cm³/mol. The van der Waals surface area contributed by atoms with Crippen molar-refractivity contribution < 1.29 is 22.7 Å². The molecule has 0 saturated carbocycles. The van der Waals surface area contributed by atoms with E-state index in [9.17, 15) is 18.0 Å². The van der Waals surface area contributed by atoms with Crippen LogP contribution in [-0.4, -0.2) is 26.8 Å². The molecule has 0 unspecified atom stereocenters. The standard InChI is InChI=1S/C18H18N2O5S/c1-2-25-16-6-4-3-5-15(16)19-26(23,24)14-9-7-13(8-10-14)20-17(21)11-12-18(20)22/h3-10,19H,2,11-12H2,1H3. The van der Waals surface area contributed by atoms with Crippen molar-refractivity contribution in [1.29, 1.82) is 0 Å². The van der Waals surface area contributed by atoms with E-state index in [0.717, 1.165) is 4.90 Å². The Kier molecular flexibility index (Phi) is 4.94. The second kappa shape index (κ2) is 7.17. The molecule has 8 heteroatoms. The average molecular weight is 374 g/mol. The number of nitrogens with one attached hydrogen (secondary N) is 1. The molecule has 1 N–H and O–H groups in total. The van der Waals surface area contributed by atoms with Gasteiger partial charge >= 0.3 is 0 Å². The van der Waals surface area contributed by atoms with Crippen molar-refractivity contribution >= 4 is 33.2 Å². The molecule has 2 amide bonds. The van der Waals surface area contributed by atoms with Gasteiger partial charge in [-0.2, -0.15) is 0 Å². The molecule has 1 heterocycles. The van der Waals surface area contributed by atoms with E-state index in [4.69, 9.17) is 4.74 Å². The van der Waals surface area contributed by atoms with Crippen molar-refractivity contribution in [3.05, 3.63) is 48.5 Å². The molecule has 1 fully saturated rings. The average Bonchev–Trinajstić information content (AvgIpc) is 2.95. The summed E-state index contributed by atoms with van der Waals surface area (Å²) < 4.78 is 33.1. The first-order valence-corrected chi connectivity index (χ1v) is 9.61. The number of hydrogen-bond donors (Lipinski definition) is 1. The Labute approximate surface area is 151 Å². The van der Waals surface area contributed by atoms with Gasteiger partial charge in [-0.05, 0) is 43.3 Å². The summed E-state index contributed by atoms with van der Waals surface area (Å²) in [5.41, 5.74) is 0.703. The van der Waals surface area contributed by atoms with Crippen LogP contribution in [0.2, 0.25) is 0 Å². The van der Waals surface area contributed by atoms with E-state index >= 15 is 0 Å². The number of carbonyl (C=O) groups excluding carboxylic acids is 2. The van der Waals surface area contributed by atoms with E-state index < -0.39 is 10.0 Å². The third-order valence-corrected chi connectivity index (χ3v) is 5.27. The summed E-state index contributed by atoms with van der Waals surface area (Å²) >= 11 is 0. The molecule has 7 nitrogen and oxygen atoms in total. The fourth-order valence-corrected chi connectivity index (χ4v) is 3.75. The number of hydrogen-bond acceptors (Lipinski definition) is 5. The first kappa shape index (κ1) is 17.9. The largest absolute Gasteiger partial charge is 0.492 e. The number of rotatable bonds is 6. The smallest absolute Gasteiger partial charge is 0.262 e. The zero-order chi connectivity index (χ0) is 18.7. The molecule has 0 atom stereocenters. The maximum Gasteiger partial charge on any atom is 0.262 e. The van der Waals surface area contributed by atoms with E-state index in [1.165, 1.54) is 24.3 Å². The van der Waals surface area contributed by atoms with Crippen LogP contribution in [0.3, 0.4) is 0 Å². The maximum atomic E-state index is 12.6. The van der Waals surface area contributed by atoms with Gasteiger partial charge in [0.05, 0.1) is 22.9 Å². The fraction of sp³-hybridized carbons (Fsp3) is 0.222. The molecule has 1 aliphatic rings. The Bertz CT molecular complexity index is 922. The first-order chi connectivity index (χ1) is 12.4. The van der Waals surface area contributed by atoms with Crippen LogP contribution in [0.4, 0.5) is 11.4 Å². The topological polar surface area (TPSA) is 92.8 Å². The van der Waals surface area contributed by atoms with Gasteiger partial charge in [-0.25, -0.2) is 8.42 Å². The van der Waals surface area contributed by atoms with Crippen LogP contribution < -0.4 is 14.4 Å². The highest BCUT2D eigenvalue weighted by atomic mass is 32.2. The van der Waals surface area contributed by atoms with Gasteiger partial charge in [0.2, 0.25) is 11.8 Å². The number of para-hydroxylation sites is 2. The number of nitrogens with zero attached hydrogens (tertiary/aromatic N) is 1. The lowest BCUT2D eigenvalue weighted by Crippen LogP contribution is -2.28. The van der Waals surface area contributed by atoms with Gasteiger partial charge in [0.25, 0.3) is 10.0 Å². The van der Waals surface area contributed by atoms with Gasteiger partial charge in [-0.1, -0.05) is 12.1 Å². The van der Waals surface area contributed by atoms with Crippen LogP contribution in [0.1, 0.15) is 19.8 Å². The summed E-state index contributed by atoms with van der Waals surface area (Å²) in [6.07, 6.45) is 0.350. The van der Waals surface area contributed by atoms with Crippen LogP contribution >= 0.6 is 0 Å². The van der Waals surface area contributed by atoms with E-state index in [2.05, 4.69) is 4.72 Å². The lowest BCUT2D eigenvalue weighted by atomic mass is 10.3. The zero-order valence-corrected chi connectivity index (χ0v) is 15.0. The predicted octanol–water partition coefficient (Wildman–Crippen LogP) is 2.54. The van der Waals surface area contributed by atoms with Crippen molar-refractivity contribution in [3.63, 3.8) is 0 Å². The lowest BCUT2D eigenvalue weighted by Gasteiger charge is -2.15. The summed E-state index contributed by atoms with van der Waals surface area (Å²) in [5.74, 6) is -0.132. The molecule has 3 rings (SSSR count). The third kappa shape index (κ3) is 3.55. The van der Waals surface area contributed by atoms with Gasteiger partial charge in [-0.15, -0.1) is 0 Å². The highest BCUT2D eigenvalue weighted by Crippen LogP contribution is 2.28. The zero-order valence-electron chi connectivity index (χ0n) is 14.1. The Morgan fingerprint density at radius 2 is 1.62 bits per heavy atom. The molecular weight excluding hydrogens is 356 g/mol. The van der Waals surface area contributed by atoms with Crippen LogP contribution in [0.15, 0.2) is 53.4 Å². The molecule has 2 aromatic rings. The quantitative estimate of drug-likeness (QED) is 0.785. The molecule has 26 heavy (non-hydrogen) atoms. The van der Waals surface area contributed by atoms with E-state index in [1.54, 1.807) is 24.3 Å². The summed E-state index contributed by atoms with van der Waals surface area (Å²) in [6, 6.07) is 12.4. The van der Waals surface area contributed by atoms with Gasteiger partial charge in [0.15, 0.2) is 0 Å². The number of amides is 2. The number of sulfonamides is 1. The first-order valence-electron chi connectivity index (χ1n) is 8.13. The second-order valence-corrected chi connectivity index (χ2v) is 7.33. The van der Waals surface area contributed by atoms with Crippen LogP contribution in [0, 0.1) is 0 Å². The Morgan fingerprint density at radius 1 is 1.00 bits per heavy atom. The number of benzene rings is 2. The number of carbonyl (C=O) groups is 2. The Morgan fingerprint density at radius 3 is 2.23 bits per heavy atom. The highest BCUT2D eigenvalue weighted by Gasteiger charge is 2.30. The highest BCUT2D eigenvalue weighted by molar-refractivity contribution is 7.92. The van der Waals surface area contributed by atoms with Crippen LogP contribution in [-0.2, 0) is 19.6 Å². The van der Waals surface area contributed by atoms with E-state index in [1.807, 2.05) is 6.92 Å². The van der Waals surface area contributed by atoms with Crippen LogP contribution in [0.25, 0.3) is 0 Å². The van der Waals surface area contributed by atoms with E-state index in [0.29, 0.717) is 23.7 Å². The molecule has 1 aliphatic heterocycles. The SMILES string of the molecule is CCOc1ccccc1NS(=O)(=O)c1ccc(N2C(=O)CCC2=O)cc1. The molecule has 1 saturated heterocycles. The molecule has 0 aromatic heterocycles. The van der Waals surface area contributed by atoms with E-state index in [-0.39, 0.29) is 29.6 Å². The summed E-state index contributed by atoms with van der Waals surface area (Å²) in [6.45, 7) is 2.22. The van der Waals surface area contributed by atoms with Gasteiger partial charge < -0.3 is 4.74 Å². The molecule has 2 aromatic carbocycles. The second-order valence-electron chi connectivity index (χ2n) is 5.65. The number of anilines is 2. The third-order valence-electron chi connectivity index (χ3n) is 3.89. The van der Waals surface area contributed by atoms with Gasteiger partial charge in [0, 0.05) is 12.8 Å². The van der Waals surface area contributed by atoms with Gasteiger partial charge in [-0.3, -0.25) is 19.2 Å². The Balaban J connectivity index is 1.84. The number of imide groups is 1. The van der Waals surface area contributed by atoms with Gasteiger partial charge in [0.1, 0.15) is 5.75 Å². The van der Waals surface area contributed by atoms with Crippen molar-refractivity contribution in [3.8, 4) is 5.75 Å². The lowest BCUT2D eigenvalue weighted by molar-refractivity contribution is -0.121. The minimum absolute atomic E-state index is 0.0200. The Hall–Kier alpha value is -2.87. The minimum atomic E-state index is -3.84.